The molecule has 1 heterocycles. The molecule has 2 aromatic rings. The molecule has 0 aliphatic heterocycles. The molecule has 1 N–H and O–H groups in total. The predicted molar refractivity (Wildman–Crippen MR) is 83.4 cm³/mol. The van der Waals surface area contributed by atoms with Crippen LogP contribution in [-0.2, 0) is 0 Å². The number of hydrogen-bond acceptors (Lipinski definition) is 3. The fraction of sp³-hybridized carbons (Fsp3) is 0.353. The summed E-state index contributed by atoms with van der Waals surface area (Å²) in [5.74, 6) is 0.664. The number of ether oxygens (including phenoxy) is 1. The van der Waals surface area contributed by atoms with Crippen molar-refractivity contribution in [1.82, 2.24) is 4.98 Å². The zero-order chi connectivity index (χ0) is 14.5. The lowest BCUT2D eigenvalue weighted by Gasteiger charge is -2.17. The van der Waals surface area contributed by atoms with Crippen LogP contribution >= 0.6 is 0 Å². The maximum atomic E-state index is 5.34. The van der Waals surface area contributed by atoms with Crippen molar-refractivity contribution in [2.45, 2.75) is 33.7 Å². The number of benzene rings is 1. The Morgan fingerprint density at radius 3 is 2.55 bits per heavy atom. The van der Waals surface area contributed by atoms with Crippen molar-refractivity contribution in [3.05, 3.63) is 53.2 Å². The van der Waals surface area contributed by atoms with Crippen LogP contribution in [0.5, 0.6) is 5.88 Å². The molecule has 1 aromatic heterocycles. The Morgan fingerprint density at radius 2 is 1.95 bits per heavy atom. The Hall–Kier alpha value is -2.03. The molecule has 0 aliphatic rings. The second kappa shape index (κ2) is 6.42. The van der Waals surface area contributed by atoms with Crippen molar-refractivity contribution in [2.75, 3.05) is 11.9 Å². The first kappa shape index (κ1) is 14.4. The van der Waals surface area contributed by atoms with Gasteiger partial charge in [0.15, 0.2) is 0 Å². The summed E-state index contributed by atoms with van der Waals surface area (Å²) < 4.78 is 5.34. The van der Waals surface area contributed by atoms with Gasteiger partial charge in [-0.2, -0.15) is 0 Å². The Balaban J connectivity index is 2.06. The number of aromatic nitrogens is 1. The third kappa shape index (κ3) is 3.50. The van der Waals surface area contributed by atoms with Crippen molar-refractivity contribution in [1.29, 1.82) is 0 Å². The van der Waals surface area contributed by atoms with Crippen molar-refractivity contribution in [3.63, 3.8) is 0 Å². The van der Waals surface area contributed by atoms with E-state index in [4.69, 9.17) is 4.74 Å². The molecule has 20 heavy (non-hydrogen) atoms. The molecule has 1 aromatic carbocycles. The second-order valence-electron chi connectivity index (χ2n) is 5.03. The van der Waals surface area contributed by atoms with Gasteiger partial charge in [-0.3, -0.25) is 0 Å². The molecule has 0 spiro atoms. The zero-order valence-corrected chi connectivity index (χ0v) is 12.6. The summed E-state index contributed by atoms with van der Waals surface area (Å²) in [5.41, 5.74) is 4.92. The van der Waals surface area contributed by atoms with Crippen LogP contribution in [0, 0.1) is 13.8 Å². The molecule has 2 rings (SSSR count). The van der Waals surface area contributed by atoms with Gasteiger partial charge in [-0.05, 0) is 50.5 Å². The van der Waals surface area contributed by atoms with Crippen LogP contribution in [-0.4, -0.2) is 11.6 Å². The van der Waals surface area contributed by atoms with Gasteiger partial charge in [-0.15, -0.1) is 0 Å². The molecule has 0 saturated carbocycles. The molecule has 106 valence electrons. The highest BCUT2D eigenvalue weighted by atomic mass is 16.5. The van der Waals surface area contributed by atoms with Crippen LogP contribution < -0.4 is 10.1 Å². The molecule has 1 unspecified atom stereocenters. The molecule has 0 amide bonds. The third-order valence-electron chi connectivity index (χ3n) is 3.44. The van der Waals surface area contributed by atoms with Crippen molar-refractivity contribution in [3.8, 4) is 5.88 Å². The predicted octanol–water partition coefficient (Wildman–Crippen LogP) is 4.27. The van der Waals surface area contributed by atoms with E-state index in [1.54, 1.807) is 0 Å². The summed E-state index contributed by atoms with van der Waals surface area (Å²) in [6.07, 6.45) is 1.81. The largest absolute Gasteiger partial charge is 0.478 e. The average Bonchev–Trinajstić information content (AvgIpc) is 2.44. The summed E-state index contributed by atoms with van der Waals surface area (Å²) in [6.45, 7) is 9.02. The maximum Gasteiger partial charge on any atom is 0.213 e. The lowest BCUT2D eigenvalue weighted by atomic mass is 10.0. The Bertz CT molecular complexity index is 564. The van der Waals surface area contributed by atoms with Crippen LogP contribution in [0.3, 0.4) is 0 Å². The molecule has 3 nitrogen and oxygen atoms in total. The number of anilines is 1. The number of rotatable bonds is 5. The summed E-state index contributed by atoms with van der Waals surface area (Å²) in [6, 6.07) is 10.7. The van der Waals surface area contributed by atoms with Gasteiger partial charge in [-0.25, -0.2) is 4.98 Å². The fourth-order valence-corrected chi connectivity index (χ4v) is 2.07. The highest BCUT2D eigenvalue weighted by Crippen LogP contribution is 2.21. The van der Waals surface area contributed by atoms with Crippen LogP contribution in [0.1, 0.15) is 36.6 Å². The van der Waals surface area contributed by atoms with Gasteiger partial charge in [0, 0.05) is 12.1 Å². The zero-order valence-electron chi connectivity index (χ0n) is 12.6. The fourth-order valence-electron chi connectivity index (χ4n) is 2.07. The van der Waals surface area contributed by atoms with E-state index in [2.05, 4.69) is 49.3 Å². The number of aryl methyl sites for hydroxylation is 2. The molecule has 0 radical (unpaired) electrons. The van der Waals surface area contributed by atoms with Crippen molar-refractivity contribution >= 4 is 5.69 Å². The topological polar surface area (TPSA) is 34.1 Å². The first-order valence-corrected chi connectivity index (χ1v) is 7.02. The van der Waals surface area contributed by atoms with E-state index in [0.29, 0.717) is 12.5 Å². The average molecular weight is 270 g/mol. The molecule has 0 aliphatic carbocycles. The van der Waals surface area contributed by atoms with Gasteiger partial charge < -0.3 is 10.1 Å². The van der Waals surface area contributed by atoms with E-state index < -0.39 is 0 Å². The highest BCUT2D eigenvalue weighted by Gasteiger charge is 2.07. The molecular weight excluding hydrogens is 248 g/mol. The quantitative estimate of drug-likeness (QED) is 0.881. The molecule has 3 heteroatoms. The van der Waals surface area contributed by atoms with Gasteiger partial charge in [0.2, 0.25) is 5.88 Å². The Morgan fingerprint density at radius 1 is 1.15 bits per heavy atom. The van der Waals surface area contributed by atoms with E-state index in [9.17, 15) is 0 Å². The summed E-state index contributed by atoms with van der Waals surface area (Å²) in [4.78, 5) is 4.26. The monoisotopic (exact) mass is 270 g/mol. The smallest absolute Gasteiger partial charge is 0.213 e. The minimum Gasteiger partial charge on any atom is -0.478 e. The summed E-state index contributed by atoms with van der Waals surface area (Å²) >= 11 is 0. The lowest BCUT2D eigenvalue weighted by molar-refractivity contribution is 0.327. The van der Waals surface area contributed by atoms with E-state index in [0.717, 1.165) is 5.69 Å². The third-order valence-corrected chi connectivity index (χ3v) is 3.44. The number of pyridine rings is 1. The Labute approximate surface area is 121 Å². The lowest BCUT2D eigenvalue weighted by Crippen LogP contribution is -2.07. The van der Waals surface area contributed by atoms with Gasteiger partial charge in [0.05, 0.1) is 18.5 Å². The first-order valence-electron chi connectivity index (χ1n) is 7.02. The van der Waals surface area contributed by atoms with E-state index in [1.165, 1.54) is 16.7 Å². The standard InChI is InChI=1S/C17H22N2O/c1-5-20-17-9-8-16(11-18-17)19-14(4)15-7-6-12(2)13(3)10-15/h6-11,14,19H,5H2,1-4H3. The molecule has 0 fully saturated rings. The molecular formula is C17H22N2O. The molecule has 1 atom stereocenters. The van der Waals surface area contributed by atoms with Crippen molar-refractivity contribution < 1.29 is 4.74 Å². The van der Waals surface area contributed by atoms with Crippen LogP contribution in [0.4, 0.5) is 5.69 Å². The van der Waals surface area contributed by atoms with Crippen molar-refractivity contribution in [2.24, 2.45) is 0 Å². The van der Waals surface area contributed by atoms with E-state index in [-0.39, 0.29) is 6.04 Å². The molecule has 0 bridgehead atoms. The van der Waals surface area contributed by atoms with Crippen LogP contribution in [0.15, 0.2) is 36.5 Å². The van der Waals surface area contributed by atoms with Crippen LogP contribution in [0.25, 0.3) is 0 Å². The van der Waals surface area contributed by atoms with E-state index >= 15 is 0 Å². The highest BCUT2D eigenvalue weighted by molar-refractivity contribution is 5.45. The minimum absolute atomic E-state index is 0.244. The van der Waals surface area contributed by atoms with E-state index in [1.807, 2.05) is 25.3 Å². The van der Waals surface area contributed by atoms with Gasteiger partial charge in [0.25, 0.3) is 0 Å². The normalized spacial score (nSPS) is 12.0. The minimum atomic E-state index is 0.244. The number of nitrogens with zero attached hydrogens (tertiary/aromatic N) is 1. The Kier molecular flexibility index (Phi) is 4.61. The first-order chi connectivity index (χ1) is 9.60. The van der Waals surface area contributed by atoms with Gasteiger partial charge >= 0.3 is 0 Å². The molecule has 0 saturated heterocycles. The number of hydrogen-bond donors (Lipinski definition) is 1. The summed E-state index contributed by atoms with van der Waals surface area (Å²) in [5, 5.41) is 3.46. The second-order valence-corrected chi connectivity index (χ2v) is 5.03. The van der Waals surface area contributed by atoms with Gasteiger partial charge in [-0.1, -0.05) is 18.2 Å². The van der Waals surface area contributed by atoms with Gasteiger partial charge in [0.1, 0.15) is 0 Å². The SMILES string of the molecule is CCOc1ccc(NC(C)c2ccc(C)c(C)c2)cn1. The summed E-state index contributed by atoms with van der Waals surface area (Å²) in [7, 11) is 0. The van der Waals surface area contributed by atoms with Crippen LogP contribution in [0.2, 0.25) is 0 Å². The number of nitrogens with one attached hydrogen (secondary N) is 1. The maximum absolute atomic E-state index is 5.34.